The molecular formula is C9H8ClN3S2. The summed E-state index contributed by atoms with van der Waals surface area (Å²) in [6.45, 7) is 1.96. The van der Waals surface area contributed by atoms with Crippen molar-refractivity contribution in [1.29, 1.82) is 0 Å². The van der Waals surface area contributed by atoms with E-state index in [0.29, 0.717) is 10.8 Å². The summed E-state index contributed by atoms with van der Waals surface area (Å²) in [7, 11) is 0. The second-order valence-electron chi connectivity index (χ2n) is 2.92. The molecule has 0 bridgehead atoms. The van der Waals surface area contributed by atoms with Crippen LogP contribution in [0.2, 0.25) is 5.15 Å². The number of pyridine rings is 1. The third kappa shape index (κ3) is 2.84. The first-order valence-electron chi connectivity index (χ1n) is 4.16. The first kappa shape index (κ1) is 10.7. The van der Waals surface area contributed by atoms with E-state index >= 15 is 0 Å². The number of thiazole rings is 1. The van der Waals surface area contributed by atoms with Crippen LogP contribution in [0.15, 0.2) is 26.9 Å². The molecule has 0 saturated carbocycles. The Hall–Kier alpha value is -0.780. The van der Waals surface area contributed by atoms with Gasteiger partial charge >= 0.3 is 0 Å². The number of aryl methyl sites for hydroxylation is 1. The molecule has 15 heavy (non-hydrogen) atoms. The number of nitrogens with two attached hydrogens (primary N) is 1. The molecule has 0 radical (unpaired) electrons. The molecule has 0 aliphatic carbocycles. The maximum Gasteiger partial charge on any atom is 0.156 e. The van der Waals surface area contributed by atoms with Gasteiger partial charge in [0.15, 0.2) is 4.34 Å². The van der Waals surface area contributed by atoms with Gasteiger partial charge in [0.05, 0.1) is 0 Å². The van der Waals surface area contributed by atoms with Crippen LogP contribution in [0.25, 0.3) is 0 Å². The fourth-order valence-electron chi connectivity index (χ4n) is 1.01. The third-order valence-electron chi connectivity index (χ3n) is 1.58. The van der Waals surface area contributed by atoms with Crippen molar-refractivity contribution in [3.63, 3.8) is 0 Å². The molecule has 0 aliphatic rings. The highest BCUT2D eigenvalue weighted by Gasteiger charge is 2.04. The minimum atomic E-state index is 0.408. The fraction of sp³-hybridized carbons (Fsp3) is 0.111. The molecule has 2 aromatic rings. The Balaban J connectivity index is 2.24. The van der Waals surface area contributed by atoms with Crippen LogP contribution in [-0.2, 0) is 0 Å². The zero-order valence-corrected chi connectivity index (χ0v) is 10.3. The van der Waals surface area contributed by atoms with Gasteiger partial charge in [0.2, 0.25) is 0 Å². The number of rotatable bonds is 2. The van der Waals surface area contributed by atoms with Gasteiger partial charge in [-0.15, -0.1) is 11.3 Å². The third-order valence-corrected chi connectivity index (χ3v) is 3.75. The predicted octanol–water partition coefficient (Wildman–Crippen LogP) is 3.23. The Kier molecular flexibility index (Phi) is 3.14. The van der Waals surface area contributed by atoms with E-state index in [1.807, 2.05) is 12.3 Å². The summed E-state index contributed by atoms with van der Waals surface area (Å²) >= 11 is 8.85. The summed E-state index contributed by atoms with van der Waals surface area (Å²) in [6, 6.07) is 3.41. The van der Waals surface area contributed by atoms with Crippen molar-refractivity contribution in [3.05, 3.63) is 28.4 Å². The van der Waals surface area contributed by atoms with Crippen LogP contribution in [0.1, 0.15) is 5.69 Å². The molecule has 78 valence electrons. The number of hydrogen-bond donors (Lipinski definition) is 1. The van der Waals surface area contributed by atoms with Crippen molar-refractivity contribution in [2.45, 2.75) is 16.3 Å². The highest BCUT2D eigenvalue weighted by molar-refractivity contribution is 8.01. The summed E-state index contributed by atoms with van der Waals surface area (Å²) in [5.41, 5.74) is 7.29. The van der Waals surface area contributed by atoms with Gasteiger partial charge in [-0.1, -0.05) is 11.6 Å². The highest BCUT2D eigenvalue weighted by Crippen LogP contribution is 2.30. The second-order valence-corrected chi connectivity index (χ2v) is 5.43. The minimum absolute atomic E-state index is 0.408. The van der Waals surface area contributed by atoms with Crippen molar-refractivity contribution in [2.24, 2.45) is 0 Å². The molecule has 0 saturated heterocycles. The average molecular weight is 258 g/mol. The SMILES string of the molecule is Cc1csc(Sc2cc(N)cc(Cl)n2)n1. The molecular weight excluding hydrogens is 250 g/mol. The van der Waals surface area contributed by atoms with Gasteiger partial charge in [0.25, 0.3) is 0 Å². The number of nitrogens with zero attached hydrogens (tertiary/aromatic N) is 2. The molecule has 0 spiro atoms. The van der Waals surface area contributed by atoms with Crippen molar-refractivity contribution >= 4 is 40.4 Å². The van der Waals surface area contributed by atoms with E-state index in [9.17, 15) is 0 Å². The minimum Gasteiger partial charge on any atom is -0.399 e. The van der Waals surface area contributed by atoms with Gasteiger partial charge in [-0.3, -0.25) is 0 Å². The van der Waals surface area contributed by atoms with E-state index < -0.39 is 0 Å². The zero-order chi connectivity index (χ0) is 10.8. The number of nitrogen functional groups attached to an aromatic ring is 1. The van der Waals surface area contributed by atoms with Gasteiger partial charge in [-0.05, 0) is 30.8 Å². The first-order chi connectivity index (χ1) is 7.13. The summed E-state index contributed by atoms with van der Waals surface area (Å²) < 4.78 is 0.946. The van der Waals surface area contributed by atoms with Crippen molar-refractivity contribution in [1.82, 2.24) is 9.97 Å². The smallest absolute Gasteiger partial charge is 0.156 e. The monoisotopic (exact) mass is 257 g/mol. The molecule has 6 heteroatoms. The Bertz CT molecular complexity index is 464. The van der Waals surface area contributed by atoms with Gasteiger partial charge in [-0.25, -0.2) is 9.97 Å². The van der Waals surface area contributed by atoms with E-state index in [-0.39, 0.29) is 0 Å². The van der Waals surface area contributed by atoms with Crippen LogP contribution < -0.4 is 5.73 Å². The summed E-state index contributed by atoms with van der Waals surface area (Å²) in [5, 5.41) is 3.18. The average Bonchev–Trinajstić information content (AvgIpc) is 2.49. The standard InChI is InChI=1S/C9H8ClN3S2/c1-5-4-14-9(12-5)15-8-3-6(11)2-7(10)13-8/h2-4H,1H3,(H2,11,13). The maximum absolute atomic E-state index is 5.80. The Morgan fingerprint density at radius 3 is 2.80 bits per heavy atom. The topological polar surface area (TPSA) is 51.8 Å². The number of hydrogen-bond acceptors (Lipinski definition) is 5. The van der Waals surface area contributed by atoms with Crippen LogP contribution in [0, 0.1) is 6.92 Å². The van der Waals surface area contributed by atoms with Crippen LogP contribution >= 0.6 is 34.7 Å². The molecule has 0 unspecified atom stereocenters. The molecule has 3 nitrogen and oxygen atoms in total. The Morgan fingerprint density at radius 2 is 2.20 bits per heavy atom. The number of anilines is 1. The van der Waals surface area contributed by atoms with E-state index in [4.69, 9.17) is 17.3 Å². The molecule has 0 amide bonds. The quantitative estimate of drug-likeness (QED) is 0.840. The Labute approximate surface area is 101 Å². The van der Waals surface area contributed by atoms with Crippen LogP contribution in [0.4, 0.5) is 5.69 Å². The van der Waals surface area contributed by atoms with E-state index in [1.165, 1.54) is 11.8 Å². The van der Waals surface area contributed by atoms with Crippen LogP contribution in [0.5, 0.6) is 0 Å². The lowest BCUT2D eigenvalue weighted by Crippen LogP contribution is -1.88. The van der Waals surface area contributed by atoms with Crippen molar-refractivity contribution < 1.29 is 0 Å². The molecule has 2 rings (SSSR count). The largest absolute Gasteiger partial charge is 0.399 e. The zero-order valence-electron chi connectivity index (χ0n) is 7.90. The van der Waals surface area contributed by atoms with Gasteiger partial charge < -0.3 is 5.73 Å². The second kappa shape index (κ2) is 4.38. The van der Waals surface area contributed by atoms with Crippen molar-refractivity contribution in [2.75, 3.05) is 5.73 Å². The van der Waals surface area contributed by atoms with Gasteiger partial charge in [0.1, 0.15) is 10.2 Å². The van der Waals surface area contributed by atoms with Gasteiger partial charge in [-0.2, -0.15) is 0 Å². The van der Waals surface area contributed by atoms with Crippen LogP contribution in [0.3, 0.4) is 0 Å². The Morgan fingerprint density at radius 1 is 1.40 bits per heavy atom. The van der Waals surface area contributed by atoms with E-state index in [1.54, 1.807) is 23.5 Å². The van der Waals surface area contributed by atoms with Crippen LogP contribution in [-0.4, -0.2) is 9.97 Å². The van der Waals surface area contributed by atoms with Gasteiger partial charge in [0, 0.05) is 16.8 Å². The normalized spacial score (nSPS) is 10.5. The predicted molar refractivity (Wildman–Crippen MR) is 64.6 cm³/mol. The molecule has 2 N–H and O–H groups in total. The summed E-state index contributed by atoms with van der Waals surface area (Å²) in [6.07, 6.45) is 0. The van der Waals surface area contributed by atoms with E-state index in [0.717, 1.165) is 15.1 Å². The van der Waals surface area contributed by atoms with E-state index in [2.05, 4.69) is 9.97 Å². The molecule has 0 aliphatic heterocycles. The number of aromatic nitrogens is 2. The first-order valence-corrected chi connectivity index (χ1v) is 6.24. The lowest BCUT2D eigenvalue weighted by Gasteiger charge is -1.99. The van der Waals surface area contributed by atoms with Crippen molar-refractivity contribution in [3.8, 4) is 0 Å². The highest BCUT2D eigenvalue weighted by atomic mass is 35.5. The number of halogens is 1. The molecule has 2 aromatic heterocycles. The molecule has 0 fully saturated rings. The molecule has 2 heterocycles. The maximum atomic E-state index is 5.80. The summed E-state index contributed by atoms with van der Waals surface area (Å²) in [5.74, 6) is 0. The summed E-state index contributed by atoms with van der Waals surface area (Å²) in [4.78, 5) is 8.48. The fourth-order valence-corrected chi connectivity index (χ4v) is 3.10. The molecule has 0 atom stereocenters. The molecule has 0 aromatic carbocycles. The lowest BCUT2D eigenvalue weighted by atomic mass is 10.4. The lowest BCUT2D eigenvalue weighted by molar-refractivity contribution is 1.11.